The van der Waals surface area contributed by atoms with Crippen LogP contribution in [-0.4, -0.2) is 17.9 Å². The normalized spacial score (nSPS) is 10.3. The lowest BCUT2D eigenvalue weighted by molar-refractivity contribution is 0.102. The maximum absolute atomic E-state index is 12.6. The first kappa shape index (κ1) is 16.7. The summed E-state index contributed by atoms with van der Waals surface area (Å²) in [7, 11) is 1.96. The molecule has 0 aliphatic rings. The molecule has 1 amide bonds. The van der Waals surface area contributed by atoms with Gasteiger partial charge >= 0.3 is 0 Å². The van der Waals surface area contributed by atoms with Crippen molar-refractivity contribution in [1.82, 2.24) is 4.98 Å². The van der Waals surface area contributed by atoms with Crippen LogP contribution in [0, 0.1) is 0 Å². The van der Waals surface area contributed by atoms with E-state index in [4.69, 9.17) is 0 Å². The third kappa shape index (κ3) is 3.86. The molecule has 4 nitrogen and oxygen atoms in total. The molecule has 3 aromatic rings. The minimum Gasteiger partial charge on any atom is -0.343 e. The fraction of sp³-hybridized carbons (Fsp3) is 0.143. The number of hydrogen-bond donors (Lipinski definition) is 1. The fourth-order valence-corrected chi connectivity index (χ4v) is 2.68. The first-order chi connectivity index (χ1) is 12.2. The minimum atomic E-state index is -0.156. The second-order valence-corrected chi connectivity index (χ2v) is 5.79. The van der Waals surface area contributed by atoms with Gasteiger partial charge in [0.2, 0.25) is 0 Å². The number of aromatic nitrogens is 1. The molecule has 1 N–H and O–H groups in total. The van der Waals surface area contributed by atoms with Crippen LogP contribution < -0.4 is 10.2 Å². The standard InChI is InChI=1S/C21H21N3O/c1-3-16-9-7-8-12-20(16)23-21(25)17-13-19(15-22-14-17)24(2)18-10-5-4-6-11-18/h4-15H,3H2,1-2H3,(H,23,25). The fourth-order valence-electron chi connectivity index (χ4n) is 2.68. The van der Waals surface area contributed by atoms with Crippen LogP contribution in [0.1, 0.15) is 22.8 Å². The van der Waals surface area contributed by atoms with Crippen molar-refractivity contribution in [2.45, 2.75) is 13.3 Å². The molecule has 0 saturated carbocycles. The van der Waals surface area contributed by atoms with Gasteiger partial charge in [0.15, 0.2) is 0 Å². The van der Waals surface area contributed by atoms with Crippen LogP contribution in [0.25, 0.3) is 0 Å². The molecule has 126 valence electrons. The van der Waals surface area contributed by atoms with Crippen LogP contribution in [0.15, 0.2) is 73.1 Å². The number of para-hydroxylation sites is 2. The molecule has 0 unspecified atom stereocenters. The number of nitrogens with zero attached hydrogens (tertiary/aromatic N) is 2. The number of pyridine rings is 1. The summed E-state index contributed by atoms with van der Waals surface area (Å²) in [4.78, 5) is 18.9. The van der Waals surface area contributed by atoms with E-state index >= 15 is 0 Å². The monoisotopic (exact) mass is 331 g/mol. The topological polar surface area (TPSA) is 45.2 Å². The summed E-state index contributed by atoms with van der Waals surface area (Å²) in [6, 6.07) is 19.7. The van der Waals surface area contributed by atoms with Crippen molar-refractivity contribution < 1.29 is 4.79 Å². The zero-order chi connectivity index (χ0) is 17.6. The van der Waals surface area contributed by atoms with Crippen molar-refractivity contribution in [3.63, 3.8) is 0 Å². The Bertz CT molecular complexity index is 862. The largest absolute Gasteiger partial charge is 0.343 e. The third-order valence-electron chi connectivity index (χ3n) is 4.16. The summed E-state index contributed by atoms with van der Waals surface area (Å²) in [5, 5.41) is 2.99. The zero-order valence-corrected chi connectivity index (χ0v) is 14.4. The predicted octanol–water partition coefficient (Wildman–Crippen LogP) is 4.66. The molecular weight excluding hydrogens is 310 g/mol. The van der Waals surface area contributed by atoms with Crippen LogP contribution in [0.2, 0.25) is 0 Å². The molecule has 1 aromatic heterocycles. The lowest BCUT2D eigenvalue weighted by Crippen LogP contribution is -2.15. The quantitative estimate of drug-likeness (QED) is 0.739. The van der Waals surface area contributed by atoms with Crippen LogP contribution in [-0.2, 0) is 6.42 Å². The summed E-state index contributed by atoms with van der Waals surface area (Å²) < 4.78 is 0. The summed E-state index contributed by atoms with van der Waals surface area (Å²) >= 11 is 0. The molecule has 0 atom stereocenters. The first-order valence-electron chi connectivity index (χ1n) is 8.32. The molecule has 2 aromatic carbocycles. The van der Waals surface area contributed by atoms with Gasteiger partial charge in [-0.1, -0.05) is 43.3 Å². The summed E-state index contributed by atoms with van der Waals surface area (Å²) in [5.41, 5.74) is 4.39. The number of benzene rings is 2. The van der Waals surface area contributed by atoms with E-state index in [0.29, 0.717) is 5.56 Å². The second kappa shape index (κ2) is 7.62. The van der Waals surface area contributed by atoms with Crippen molar-refractivity contribution in [3.05, 3.63) is 84.2 Å². The van der Waals surface area contributed by atoms with Crippen molar-refractivity contribution in [3.8, 4) is 0 Å². The van der Waals surface area contributed by atoms with Crippen LogP contribution in [0.3, 0.4) is 0 Å². The zero-order valence-electron chi connectivity index (χ0n) is 14.4. The molecule has 0 fully saturated rings. The van der Waals surface area contributed by atoms with Gasteiger partial charge < -0.3 is 10.2 Å². The number of carbonyl (C=O) groups excluding carboxylic acids is 1. The molecule has 1 heterocycles. The second-order valence-electron chi connectivity index (χ2n) is 5.79. The summed E-state index contributed by atoms with van der Waals surface area (Å²) in [5.74, 6) is -0.156. The van der Waals surface area contributed by atoms with Gasteiger partial charge in [-0.15, -0.1) is 0 Å². The van der Waals surface area contributed by atoms with E-state index in [1.165, 1.54) is 0 Å². The maximum atomic E-state index is 12.6. The van der Waals surface area contributed by atoms with Gasteiger partial charge in [0, 0.05) is 24.6 Å². The van der Waals surface area contributed by atoms with Gasteiger partial charge in [-0.05, 0) is 36.2 Å². The predicted molar refractivity (Wildman–Crippen MR) is 103 cm³/mol. The molecular formula is C21H21N3O. The highest BCUT2D eigenvalue weighted by atomic mass is 16.1. The van der Waals surface area contributed by atoms with Gasteiger partial charge in [-0.25, -0.2) is 0 Å². The number of anilines is 3. The van der Waals surface area contributed by atoms with Crippen LogP contribution >= 0.6 is 0 Å². The number of rotatable bonds is 5. The highest BCUT2D eigenvalue weighted by Gasteiger charge is 2.11. The Kier molecular flexibility index (Phi) is 5.09. The van der Waals surface area contributed by atoms with Gasteiger partial charge in [0.1, 0.15) is 0 Å². The number of hydrogen-bond acceptors (Lipinski definition) is 3. The lowest BCUT2D eigenvalue weighted by atomic mass is 10.1. The lowest BCUT2D eigenvalue weighted by Gasteiger charge is -2.19. The number of amides is 1. The van der Waals surface area contributed by atoms with E-state index in [1.54, 1.807) is 12.4 Å². The van der Waals surface area contributed by atoms with Gasteiger partial charge in [-0.3, -0.25) is 9.78 Å². The van der Waals surface area contributed by atoms with E-state index in [1.807, 2.05) is 72.6 Å². The van der Waals surface area contributed by atoms with Crippen LogP contribution in [0.4, 0.5) is 17.1 Å². The highest BCUT2D eigenvalue weighted by molar-refractivity contribution is 6.05. The molecule has 0 spiro atoms. The van der Waals surface area contributed by atoms with Gasteiger partial charge in [0.05, 0.1) is 17.4 Å². The molecule has 0 aliphatic heterocycles. The van der Waals surface area contributed by atoms with E-state index in [0.717, 1.165) is 29.0 Å². The highest BCUT2D eigenvalue weighted by Crippen LogP contribution is 2.23. The van der Waals surface area contributed by atoms with E-state index in [-0.39, 0.29) is 5.91 Å². The molecule has 0 bridgehead atoms. The van der Waals surface area contributed by atoms with Gasteiger partial charge in [-0.2, -0.15) is 0 Å². The summed E-state index contributed by atoms with van der Waals surface area (Å²) in [6.07, 6.45) is 4.21. The van der Waals surface area contributed by atoms with Crippen molar-refractivity contribution >= 4 is 23.0 Å². The Morgan fingerprint density at radius 2 is 1.72 bits per heavy atom. The molecule has 0 radical (unpaired) electrons. The van der Waals surface area contributed by atoms with E-state index < -0.39 is 0 Å². The average Bonchev–Trinajstić information content (AvgIpc) is 2.68. The van der Waals surface area contributed by atoms with Gasteiger partial charge in [0.25, 0.3) is 5.91 Å². The minimum absolute atomic E-state index is 0.156. The number of nitrogens with one attached hydrogen (secondary N) is 1. The Morgan fingerprint density at radius 3 is 2.48 bits per heavy atom. The molecule has 25 heavy (non-hydrogen) atoms. The molecule has 4 heteroatoms. The number of carbonyl (C=O) groups is 1. The molecule has 0 saturated heterocycles. The Labute approximate surface area is 148 Å². The number of aryl methyl sites for hydroxylation is 1. The van der Waals surface area contributed by atoms with E-state index in [2.05, 4.69) is 17.2 Å². The maximum Gasteiger partial charge on any atom is 0.257 e. The third-order valence-corrected chi connectivity index (χ3v) is 4.16. The Balaban J connectivity index is 1.82. The van der Waals surface area contributed by atoms with E-state index in [9.17, 15) is 4.79 Å². The Hall–Kier alpha value is -3.14. The molecule has 0 aliphatic carbocycles. The summed E-state index contributed by atoms with van der Waals surface area (Å²) in [6.45, 7) is 2.07. The van der Waals surface area contributed by atoms with Crippen molar-refractivity contribution in [2.75, 3.05) is 17.3 Å². The Morgan fingerprint density at radius 1 is 1.00 bits per heavy atom. The van der Waals surface area contributed by atoms with Crippen molar-refractivity contribution in [1.29, 1.82) is 0 Å². The molecule has 3 rings (SSSR count). The smallest absolute Gasteiger partial charge is 0.257 e. The first-order valence-corrected chi connectivity index (χ1v) is 8.32. The average molecular weight is 331 g/mol. The van der Waals surface area contributed by atoms with Crippen LogP contribution in [0.5, 0.6) is 0 Å². The van der Waals surface area contributed by atoms with Crippen molar-refractivity contribution in [2.24, 2.45) is 0 Å². The SMILES string of the molecule is CCc1ccccc1NC(=O)c1cncc(N(C)c2ccccc2)c1.